The molecule has 8 nitrogen and oxygen atoms in total. The van der Waals surface area contributed by atoms with Crippen LogP contribution in [0.15, 0.2) is 54.4 Å². The van der Waals surface area contributed by atoms with Gasteiger partial charge in [0.1, 0.15) is 11.5 Å². The first-order chi connectivity index (χ1) is 15.0. The molecular weight excluding hydrogens is 389 g/mol. The Morgan fingerprint density at radius 1 is 1.29 bits per heavy atom. The van der Waals surface area contributed by atoms with Crippen LogP contribution in [0.2, 0.25) is 0 Å². The summed E-state index contributed by atoms with van der Waals surface area (Å²) in [5.74, 6) is 7.55. The van der Waals surface area contributed by atoms with Gasteiger partial charge in [-0.1, -0.05) is 18.7 Å². The summed E-state index contributed by atoms with van der Waals surface area (Å²) in [6, 6.07) is 9.83. The van der Waals surface area contributed by atoms with Crippen LogP contribution in [0.5, 0.6) is 5.88 Å². The minimum absolute atomic E-state index is 0.0190. The number of rotatable bonds is 5. The normalized spacial score (nSPS) is 17.7. The number of imidazole rings is 1. The third-order valence-corrected chi connectivity index (χ3v) is 5.33. The van der Waals surface area contributed by atoms with Crippen LogP contribution < -0.4 is 16.2 Å². The molecule has 1 aliphatic rings. The lowest BCUT2D eigenvalue weighted by Crippen LogP contribution is -2.45. The lowest BCUT2D eigenvalue weighted by Gasteiger charge is -2.32. The number of piperidine rings is 1. The minimum Gasteiger partial charge on any atom is -0.479 e. The zero-order valence-electron chi connectivity index (χ0n) is 18.1. The van der Waals surface area contributed by atoms with Crippen LogP contribution in [0, 0.1) is 6.92 Å². The number of nitrogens with zero attached hydrogens (tertiary/aromatic N) is 6. The van der Waals surface area contributed by atoms with Crippen LogP contribution in [0.1, 0.15) is 35.8 Å². The molecule has 0 radical (unpaired) electrons. The SMILES string of the molecule is Bc1cccc([C@@H]2CCCN(N)/C2=N\C(=C)c2ccc(-n3cnc(C)c3)c(OC)n2)n1. The van der Waals surface area contributed by atoms with Crippen LogP contribution in [0.3, 0.4) is 0 Å². The highest BCUT2D eigenvalue weighted by Crippen LogP contribution is 2.29. The number of aliphatic imine (C=N–C) groups is 1. The number of pyridine rings is 2. The molecule has 4 heterocycles. The number of hydrogen-bond acceptors (Lipinski definition) is 6. The van der Waals surface area contributed by atoms with Crippen LogP contribution in [-0.2, 0) is 0 Å². The van der Waals surface area contributed by atoms with Gasteiger partial charge in [0.2, 0.25) is 5.88 Å². The molecular formula is C22H26BN7O. The molecule has 1 saturated heterocycles. The van der Waals surface area contributed by atoms with Gasteiger partial charge in [0.25, 0.3) is 0 Å². The molecule has 0 unspecified atom stereocenters. The van der Waals surface area contributed by atoms with E-state index in [-0.39, 0.29) is 5.92 Å². The van der Waals surface area contributed by atoms with Crippen molar-refractivity contribution < 1.29 is 4.74 Å². The van der Waals surface area contributed by atoms with Crippen molar-refractivity contribution in [2.24, 2.45) is 10.8 Å². The highest BCUT2D eigenvalue weighted by atomic mass is 16.5. The molecule has 2 N–H and O–H groups in total. The third-order valence-electron chi connectivity index (χ3n) is 5.33. The van der Waals surface area contributed by atoms with E-state index < -0.39 is 0 Å². The second-order valence-corrected chi connectivity index (χ2v) is 7.66. The van der Waals surface area contributed by atoms with Gasteiger partial charge < -0.3 is 9.30 Å². The second kappa shape index (κ2) is 8.73. The van der Waals surface area contributed by atoms with Crippen LogP contribution >= 0.6 is 0 Å². The first-order valence-corrected chi connectivity index (χ1v) is 10.3. The molecule has 0 bridgehead atoms. The molecule has 3 aromatic rings. The van der Waals surface area contributed by atoms with E-state index in [0.29, 0.717) is 17.3 Å². The number of amidine groups is 1. The van der Waals surface area contributed by atoms with Gasteiger partial charge in [-0.2, -0.15) is 0 Å². The van der Waals surface area contributed by atoms with E-state index in [1.807, 2.05) is 55.9 Å². The summed E-state index contributed by atoms with van der Waals surface area (Å²) < 4.78 is 7.40. The fourth-order valence-electron chi connectivity index (χ4n) is 3.78. The van der Waals surface area contributed by atoms with E-state index in [1.54, 1.807) is 18.4 Å². The Morgan fingerprint density at radius 2 is 2.13 bits per heavy atom. The standard InChI is InChI=1S/C22H26BN7O/c1-14-12-29(13-25-14)19-10-9-17(28-22(19)31-3)15(2)26-21-16(6-5-11-30(21)24)18-7-4-8-20(23)27-18/h4,7-10,12-13,16H,2,5-6,11,23-24H2,1,3H3/b26-21-/t16-/m0/s1. The summed E-state index contributed by atoms with van der Waals surface area (Å²) in [4.78, 5) is 18.4. The van der Waals surface area contributed by atoms with Crippen molar-refractivity contribution in [1.29, 1.82) is 0 Å². The van der Waals surface area contributed by atoms with Crippen LogP contribution in [0.25, 0.3) is 11.4 Å². The number of hydrazine groups is 1. The van der Waals surface area contributed by atoms with Crippen molar-refractivity contribution in [3.63, 3.8) is 0 Å². The summed E-state index contributed by atoms with van der Waals surface area (Å²) in [5, 5.41) is 1.70. The Bertz CT molecular complexity index is 1140. The summed E-state index contributed by atoms with van der Waals surface area (Å²) in [7, 11) is 3.58. The molecule has 1 fully saturated rings. The largest absolute Gasteiger partial charge is 0.479 e. The predicted octanol–water partition coefficient (Wildman–Crippen LogP) is 1.36. The quantitative estimate of drug-likeness (QED) is 0.500. The topological polar surface area (TPSA) is 94.5 Å². The zero-order valence-corrected chi connectivity index (χ0v) is 18.1. The first kappa shape index (κ1) is 20.8. The van der Waals surface area contributed by atoms with Gasteiger partial charge in [-0.05, 0) is 43.6 Å². The summed E-state index contributed by atoms with van der Waals surface area (Å²) in [6.07, 6.45) is 5.57. The summed E-state index contributed by atoms with van der Waals surface area (Å²) >= 11 is 0. The van der Waals surface area contributed by atoms with Crippen molar-refractivity contribution in [3.05, 3.63) is 66.5 Å². The maximum atomic E-state index is 6.31. The molecule has 0 aliphatic carbocycles. The van der Waals surface area contributed by atoms with Crippen molar-refractivity contribution in [2.75, 3.05) is 13.7 Å². The van der Waals surface area contributed by atoms with Crippen molar-refractivity contribution in [3.8, 4) is 11.6 Å². The Kier molecular flexibility index (Phi) is 5.86. The van der Waals surface area contributed by atoms with E-state index in [1.165, 1.54) is 0 Å². The van der Waals surface area contributed by atoms with Crippen molar-refractivity contribution in [1.82, 2.24) is 24.5 Å². The Labute approximate surface area is 182 Å². The van der Waals surface area contributed by atoms with Gasteiger partial charge in [-0.3, -0.25) is 9.99 Å². The average Bonchev–Trinajstić information content (AvgIpc) is 3.20. The number of nitrogens with two attached hydrogens (primary N) is 1. The highest BCUT2D eigenvalue weighted by Gasteiger charge is 2.28. The minimum atomic E-state index is 0.0190. The third kappa shape index (κ3) is 4.36. The van der Waals surface area contributed by atoms with Crippen molar-refractivity contribution >= 4 is 25.0 Å². The molecule has 1 aliphatic heterocycles. The van der Waals surface area contributed by atoms with E-state index in [0.717, 1.165) is 47.9 Å². The molecule has 31 heavy (non-hydrogen) atoms. The lowest BCUT2D eigenvalue weighted by atomic mass is 9.92. The van der Waals surface area contributed by atoms with Crippen LogP contribution in [0.4, 0.5) is 0 Å². The van der Waals surface area contributed by atoms with E-state index in [9.17, 15) is 0 Å². The summed E-state index contributed by atoms with van der Waals surface area (Å²) in [5.41, 5.74) is 4.81. The Hall–Kier alpha value is -3.46. The predicted molar refractivity (Wildman–Crippen MR) is 124 cm³/mol. The van der Waals surface area contributed by atoms with Gasteiger partial charge in [0.05, 0.1) is 42.1 Å². The van der Waals surface area contributed by atoms with Gasteiger partial charge in [0.15, 0.2) is 7.85 Å². The molecule has 158 valence electrons. The van der Waals surface area contributed by atoms with E-state index >= 15 is 0 Å². The zero-order chi connectivity index (χ0) is 22.0. The first-order valence-electron chi connectivity index (χ1n) is 10.3. The molecule has 0 spiro atoms. The van der Waals surface area contributed by atoms with E-state index in [4.69, 9.17) is 20.6 Å². The van der Waals surface area contributed by atoms with Gasteiger partial charge in [-0.25, -0.2) is 20.8 Å². The summed E-state index contributed by atoms with van der Waals surface area (Å²) in [6.45, 7) is 6.83. The average molecular weight is 415 g/mol. The number of aryl methyl sites for hydroxylation is 1. The highest BCUT2D eigenvalue weighted by molar-refractivity contribution is 6.30. The maximum Gasteiger partial charge on any atom is 0.238 e. The number of hydrogen-bond donors (Lipinski definition) is 1. The van der Waals surface area contributed by atoms with Crippen molar-refractivity contribution in [2.45, 2.75) is 25.7 Å². The van der Waals surface area contributed by atoms with Crippen LogP contribution in [-0.4, -0.2) is 51.9 Å². The second-order valence-electron chi connectivity index (χ2n) is 7.66. The van der Waals surface area contributed by atoms with Gasteiger partial charge in [0, 0.05) is 12.7 Å². The molecule has 4 rings (SSSR count). The number of aromatic nitrogens is 4. The number of ether oxygens (including phenoxy) is 1. The molecule has 9 heteroatoms. The maximum absolute atomic E-state index is 6.31. The molecule has 1 atom stereocenters. The molecule has 3 aromatic heterocycles. The molecule has 0 aromatic carbocycles. The van der Waals surface area contributed by atoms with Gasteiger partial charge >= 0.3 is 0 Å². The smallest absolute Gasteiger partial charge is 0.238 e. The Balaban J connectivity index is 1.67. The molecule has 0 saturated carbocycles. The Morgan fingerprint density at radius 3 is 2.84 bits per heavy atom. The fraction of sp³-hybridized carbons (Fsp3) is 0.273. The van der Waals surface area contributed by atoms with Gasteiger partial charge in [-0.15, -0.1) is 0 Å². The number of methoxy groups -OCH3 is 1. The monoisotopic (exact) mass is 415 g/mol. The molecule has 0 amide bonds. The fourth-order valence-corrected chi connectivity index (χ4v) is 3.78. The van der Waals surface area contributed by atoms with E-state index in [2.05, 4.69) is 16.5 Å². The lowest BCUT2D eigenvalue weighted by molar-refractivity contribution is 0.366.